The highest BCUT2D eigenvalue weighted by Gasteiger charge is 2.42. The Bertz CT molecular complexity index is 361. The van der Waals surface area contributed by atoms with E-state index in [9.17, 15) is 0 Å². The van der Waals surface area contributed by atoms with Gasteiger partial charge in [-0.25, -0.2) is 0 Å². The summed E-state index contributed by atoms with van der Waals surface area (Å²) in [6, 6.07) is 0. The van der Waals surface area contributed by atoms with Crippen LogP contribution in [0.4, 0.5) is 0 Å². The van der Waals surface area contributed by atoms with Gasteiger partial charge in [-0.1, -0.05) is 27.7 Å². The van der Waals surface area contributed by atoms with Crippen LogP contribution in [0.25, 0.3) is 0 Å². The summed E-state index contributed by atoms with van der Waals surface area (Å²) in [5.74, 6) is 2.39. The number of nitrogens with zero attached hydrogens (tertiary/aromatic N) is 3. The normalized spacial score (nSPS) is 25.1. The van der Waals surface area contributed by atoms with Crippen molar-refractivity contribution in [3.63, 3.8) is 0 Å². The van der Waals surface area contributed by atoms with E-state index in [1.165, 1.54) is 12.2 Å². The summed E-state index contributed by atoms with van der Waals surface area (Å²) in [6.45, 7) is 12.2. The third-order valence-electron chi connectivity index (χ3n) is 3.92. The Kier molecular flexibility index (Phi) is 3.52. The predicted octanol–water partition coefficient (Wildman–Crippen LogP) is 1.82. The van der Waals surface area contributed by atoms with Crippen molar-refractivity contribution in [2.45, 2.75) is 46.1 Å². The number of nitrogens with one attached hydrogen (secondary N) is 1. The Balaban J connectivity index is 2.33. The molecule has 1 aromatic rings. The number of hydrogen-bond donors (Lipinski definition) is 1. The zero-order valence-corrected chi connectivity index (χ0v) is 11.4. The molecule has 2 heterocycles. The van der Waals surface area contributed by atoms with Crippen LogP contribution in [0, 0.1) is 11.8 Å². The molecular formula is C13H24N4. The maximum atomic E-state index is 4.42. The topological polar surface area (TPSA) is 42.7 Å². The first-order valence-corrected chi connectivity index (χ1v) is 6.65. The third kappa shape index (κ3) is 2.23. The lowest BCUT2D eigenvalue weighted by atomic mass is 9.75. The molecule has 0 aromatic carbocycles. The molecule has 1 aliphatic heterocycles. The molecule has 96 valence electrons. The summed E-state index contributed by atoms with van der Waals surface area (Å²) >= 11 is 0. The number of rotatable bonds is 4. The van der Waals surface area contributed by atoms with Gasteiger partial charge in [0.2, 0.25) is 0 Å². The van der Waals surface area contributed by atoms with Crippen LogP contribution in [-0.2, 0) is 12.0 Å². The van der Waals surface area contributed by atoms with E-state index in [4.69, 9.17) is 0 Å². The van der Waals surface area contributed by atoms with Crippen LogP contribution in [0.15, 0.2) is 6.33 Å². The van der Waals surface area contributed by atoms with Crippen LogP contribution in [0.3, 0.4) is 0 Å². The van der Waals surface area contributed by atoms with Gasteiger partial charge in [-0.2, -0.15) is 0 Å². The Hall–Kier alpha value is -0.900. The largest absolute Gasteiger partial charge is 0.317 e. The van der Waals surface area contributed by atoms with E-state index < -0.39 is 0 Å². The van der Waals surface area contributed by atoms with E-state index in [1.54, 1.807) is 0 Å². The molecule has 1 saturated heterocycles. The van der Waals surface area contributed by atoms with E-state index in [0.29, 0.717) is 11.8 Å². The zero-order chi connectivity index (χ0) is 12.5. The fourth-order valence-electron chi connectivity index (χ4n) is 2.82. The second kappa shape index (κ2) is 4.77. The van der Waals surface area contributed by atoms with Crippen LogP contribution in [0.2, 0.25) is 0 Å². The summed E-state index contributed by atoms with van der Waals surface area (Å²) in [4.78, 5) is 0. The summed E-state index contributed by atoms with van der Waals surface area (Å²) in [6.07, 6.45) is 3.05. The molecule has 1 atom stereocenters. The van der Waals surface area contributed by atoms with Crippen LogP contribution in [0.1, 0.15) is 39.9 Å². The molecule has 17 heavy (non-hydrogen) atoms. The highest BCUT2D eigenvalue weighted by molar-refractivity contribution is 5.14. The van der Waals surface area contributed by atoms with E-state index in [-0.39, 0.29) is 5.41 Å². The lowest BCUT2D eigenvalue weighted by Gasteiger charge is -2.32. The minimum atomic E-state index is 0.172. The highest BCUT2D eigenvalue weighted by Crippen LogP contribution is 2.36. The Morgan fingerprint density at radius 1 is 1.41 bits per heavy atom. The molecule has 4 nitrogen and oxygen atoms in total. The van der Waals surface area contributed by atoms with Crippen molar-refractivity contribution in [2.75, 3.05) is 13.1 Å². The van der Waals surface area contributed by atoms with Gasteiger partial charge >= 0.3 is 0 Å². The monoisotopic (exact) mass is 236 g/mol. The SMILES string of the molecule is CC(C)Cn1cnnc1C1(C(C)C)CCNC1. The van der Waals surface area contributed by atoms with Crippen LogP contribution >= 0.6 is 0 Å². The fraction of sp³-hybridized carbons (Fsp3) is 0.846. The lowest BCUT2D eigenvalue weighted by molar-refractivity contribution is 0.299. The van der Waals surface area contributed by atoms with Crippen molar-refractivity contribution in [3.8, 4) is 0 Å². The summed E-state index contributed by atoms with van der Waals surface area (Å²) < 4.78 is 2.25. The van der Waals surface area contributed by atoms with Gasteiger partial charge < -0.3 is 9.88 Å². The second-order valence-corrected chi connectivity index (χ2v) is 5.94. The van der Waals surface area contributed by atoms with Gasteiger partial charge in [-0.15, -0.1) is 10.2 Å². The van der Waals surface area contributed by atoms with Gasteiger partial charge in [0.25, 0.3) is 0 Å². The Morgan fingerprint density at radius 2 is 2.18 bits per heavy atom. The average Bonchev–Trinajstić information content (AvgIpc) is 2.84. The van der Waals surface area contributed by atoms with E-state index in [1.807, 2.05) is 6.33 Å². The quantitative estimate of drug-likeness (QED) is 0.867. The molecule has 1 aromatic heterocycles. The molecule has 2 rings (SSSR count). The summed E-state index contributed by atoms with van der Waals surface area (Å²) in [7, 11) is 0. The first-order valence-electron chi connectivity index (χ1n) is 6.65. The minimum absolute atomic E-state index is 0.172. The Morgan fingerprint density at radius 3 is 2.71 bits per heavy atom. The molecule has 4 heteroatoms. The summed E-state index contributed by atoms with van der Waals surface area (Å²) in [5.41, 5.74) is 0.172. The van der Waals surface area contributed by atoms with E-state index in [2.05, 4.69) is 47.8 Å². The average molecular weight is 236 g/mol. The minimum Gasteiger partial charge on any atom is -0.317 e. The zero-order valence-electron chi connectivity index (χ0n) is 11.4. The first-order chi connectivity index (χ1) is 8.06. The third-order valence-corrected chi connectivity index (χ3v) is 3.92. The maximum Gasteiger partial charge on any atom is 0.140 e. The van der Waals surface area contributed by atoms with Crippen molar-refractivity contribution in [3.05, 3.63) is 12.2 Å². The molecule has 0 amide bonds. The smallest absolute Gasteiger partial charge is 0.140 e. The van der Waals surface area contributed by atoms with Gasteiger partial charge in [0, 0.05) is 18.5 Å². The van der Waals surface area contributed by atoms with Crippen LogP contribution in [0.5, 0.6) is 0 Å². The number of hydrogen-bond acceptors (Lipinski definition) is 3. The molecule has 0 spiro atoms. The molecule has 0 saturated carbocycles. The molecule has 1 N–H and O–H groups in total. The predicted molar refractivity (Wildman–Crippen MR) is 68.9 cm³/mol. The van der Waals surface area contributed by atoms with Gasteiger partial charge in [0.05, 0.1) is 0 Å². The molecule has 1 unspecified atom stereocenters. The van der Waals surface area contributed by atoms with Crippen molar-refractivity contribution in [1.29, 1.82) is 0 Å². The molecule has 0 radical (unpaired) electrons. The molecule has 1 aliphatic rings. The van der Waals surface area contributed by atoms with Crippen molar-refractivity contribution < 1.29 is 0 Å². The lowest BCUT2D eigenvalue weighted by Crippen LogP contribution is -2.38. The molecule has 1 fully saturated rings. The molecule has 0 bridgehead atoms. The molecular weight excluding hydrogens is 212 g/mol. The van der Waals surface area contributed by atoms with Gasteiger partial charge in [-0.3, -0.25) is 0 Å². The molecule has 0 aliphatic carbocycles. The van der Waals surface area contributed by atoms with Crippen LogP contribution < -0.4 is 5.32 Å². The maximum absolute atomic E-state index is 4.42. The van der Waals surface area contributed by atoms with Gasteiger partial charge in [0.1, 0.15) is 12.2 Å². The van der Waals surface area contributed by atoms with Gasteiger partial charge in [0.15, 0.2) is 0 Å². The fourth-order valence-corrected chi connectivity index (χ4v) is 2.82. The number of aromatic nitrogens is 3. The highest BCUT2D eigenvalue weighted by atomic mass is 15.3. The van der Waals surface area contributed by atoms with Crippen molar-refractivity contribution in [2.24, 2.45) is 11.8 Å². The van der Waals surface area contributed by atoms with E-state index in [0.717, 1.165) is 19.6 Å². The standard InChI is InChI=1S/C13H24N4/c1-10(2)7-17-9-15-16-12(17)13(11(3)4)5-6-14-8-13/h9-11,14H,5-8H2,1-4H3. The second-order valence-electron chi connectivity index (χ2n) is 5.94. The first kappa shape index (κ1) is 12.6. The van der Waals surface area contributed by atoms with Crippen LogP contribution in [-0.4, -0.2) is 27.9 Å². The van der Waals surface area contributed by atoms with Crippen molar-refractivity contribution in [1.82, 2.24) is 20.1 Å². The van der Waals surface area contributed by atoms with Crippen molar-refractivity contribution >= 4 is 0 Å². The summed E-state index contributed by atoms with van der Waals surface area (Å²) in [5, 5.41) is 12.0. The Labute approximate surface area is 104 Å². The van der Waals surface area contributed by atoms with Gasteiger partial charge in [-0.05, 0) is 24.8 Å². The van der Waals surface area contributed by atoms with E-state index >= 15 is 0 Å².